The number of para-hydroxylation sites is 2. The number of thiophene rings is 1. The first-order chi connectivity index (χ1) is 29.2. The monoisotopic (exact) mass is 769 g/mol. The van der Waals surface area contributed by atoms with Gasteiger partial charge in [-0.2, -0.15) is 0 Å². The fourth-order valence-corrected chi connectivity index (χ4v) is 10.3. The standard InChI is InChI=1S/C56H35NOS/c1-2-14-36(15-3-1)41-16-4-5-17-43(41)44-18-6-7-19-45(44)46-20-8-11-23-52(46)57(40-29-31-49-48-22-10-13-25-55(48)59-56(49)34-40)39-28-30-42-37(32-39)26-27-38-33-54-51(35-50(38)42)47-21-9-12-24-53(47)58-54/h1-35H. The number of hydrogen-bond donors (Lipinski definition) is 0. The molecular weight excluding hydrogens is 735 g/mol. The van der Waals surface area contributed by atoms with E-state index in [1.807, 2.05) is 23.5 Å². The van der Waals surface area contributed by atoms with Gasteiger partial charge in [-0.3, -0.25) is 0 Å². The lowest BCUT2D eigenvalue weighted by atomic mass is 9.88. The molecule has 0 bridgehead atoms. The van der Waals surface area contributed by atoms with Gasteiger partial charge in [0.25, 0.3) is 0 Å². The molecule has 276 valence electrons. The van der Waals surface area contributed by atoms with Gasteiger partial charge in [-0.1, -0.05) is 158 Å². The van der Waals surface area contributed by atoms with Crippen molar-refractivity contribution in [2.24, 2.45) is 0 Å². The summed E-state index contributed by atoms with van der Waals surface area (Å²) in [5, 5.41) is 9.66. The highest BCUT2D eigenvalue weighted by molar-refractivity contribution is 7.25. The van der Waals surface area contributed by atoms with Crippen molar-refractivity contribution in [1.82, 2.24) is 0 Å². The van der Waals surface area contributed by atoms with E-state index in [-0.39, 0.29) is 0 Å². The smallest absolute Gasteiger partial charge is 0.136 e. The average Bonchev–Trinajstić information content (AvgIpc) is 3.86. The zero-order chi connectivity index (χ0) is 38.9. The molecule has 0 fully saturated rings. The van der Waals surface area contributed by atoms with Gasteiger partial charge in [0.1, 0.15) is 11.2 Å². The Bertz CT molecular complexity index is 3580. The van der Waals surface area contributed by atoms with Crippen LogP contribution in [0, 0.1) is 0 Å². The van der Waals surface area contributed by atoms with E-state index in [2.05, 4.69) is 205 Å². The second-order valence-electron chi connectivity index (χ2n) is 15.2. The Morgan fingerprint density at radius 3 is 1.71 bits per heavy atom. The third kappa shape index (κ3) is 5.55. The van der Waals surface area contributed by atoms with Crippen molar-refractivity contribution in [3.63, 3.8) is 0 Å². The lowest BCUT2D eigenvalue weighted by Crippen LogP contribution is -2.11. The van der Waals surface area contributed by atoms with Gasteiger partial charge in [-0.25, -0.2) is 0 Å². The molecule has 59 heavy (non-hydrogen) atoms. The van der Waals surface area contributed by atoms with Crippen molar-refractivity contribution in [2.75, 3.05) is 4.90 Å². The van der Waals surface area contributed by atoms with Crippen molar-refractivity contribution in [2.45, 2.75) is 0 Å². The predicted molar refractivity (Wildman–Crippen MR) is 253 cm³/mol. The van der Waals surface area contributed by atoms with Gasteiger partial charge >= 0.3 is 0 Å². The van der Waals surface area contributed by atoms with Gasteiger partial charge in [-0.15, -0.1) is 11.3 Å². The average molecular weight is 770 g/mol. The fraction of sp³-hybridized carbons (Fsp3) is 0. The number of hydrogen-bond acceptors (Lipinski definition) is 3. The Kier molecular flexibility index (Phi) is 7.75. The van der Waals surface area contributed by atoms with Crippen LogP contribution in [0.3, 0.4) is 0 Å². The Labute approximate surface area is 345 Å². The second kappa shape index (κ2) is 13.6. The Morgan fingerprint density at radius 1 is 0.322 bits per heavy atom. The number of fused-ring (bicyclic) bond motifs is 9. The van der Waals surface area contributed by atoms with Crippen molar-refractivity contribution in [1.29, 1.82) is 0 Å². The minimum Gasteiger partial charge on any atom is -0.456 e. The molecule has 3 heteroatoms. The van der Waals surface area contributed by atoms with Crippen molar-refractivity contribution in [3.05, 3.63) is 212 Å². The minimum absolute atomic E-state index is 0.916. The van der Waals surface area contributed by atoms with E-state index in [0.29, 0.717) is 0 Å². The van der Waals surface area contributed by atoms with Crippen molar-refractivity contribution in [3.8, 4) is 33.4 Å². The molecule has 0 aliphatic heterocycles. The summed E-state index contributed by atoms with van der Waals surface area (Å²) in [7, 11) is 0. The molecule has 0 aliphatic carbocycles. The van der Waals surface area contributed by atoms with Crippen LogP contribution in [0.2, 0.25) is 0 Å². The van der Waals surface area contributed by atoms with Crippen LogP contribution in [0.15, 0.2) is 217 Å². The van der Waals surface area contributed by atoms with Crippen molar-refractivity contribution >= 4 is 92.1 Å². The normalized spacial score (nSPS) is 11.7. The summed E-state index contributed by atoms with van der Waals surface area (Å²) in [5.74, 6) is 0. The molecule has 12 aromatic rings. The zero-order valence-electron chi connectivity index (χ0n) is 32.0. The van der Waals surface area contributed by atoms with Crippen LogP contribution >= 0.6 is 11.3 Å². The van der Waals surface area contributed by atoms with Crippen LogP contribution in [0.25, 0.3) is 97.0 Å². The maximum absolute atomic E-state index is 6.28. The van der Waals surface area contributed by atoms with Crippen molar-refractivity contribution < 1.29 is 4.42 Å². The van der Waals surface area contributed by atoms with E-state index >= 15 is 0 Å². The molecule has 2 heterocycles. The summed E-state index contributed by atoms with van der Waals surface area (Å²) >= 11 is 1.86. The van der Waals surface area contributed by atoms with E-state index in [9.17, 15) is 0 Å². The molecule has 12 rings (SSSR count). The van der Waals surface area contributed by atoms with Gasteiger partial charge in [0.15, 0.2) is 0 Å². The van der Waals surface area contributed by atoms with Crippen LogP contribution in [-0.2, 0) is 0 Å². The predicted octanol–water partition coefficient (Wildman–Crippen LogP) is 16.7. The van der Waals surface area contributed by atoms with E-state index in [1.165, 1.54) is 69.5 Å². The third-order valence-electron chi connectivity index (χ3n) is 11.9. The molecule has 0 saturated carbocycles. The highest BCUT2D eigenvalue weighted by atomic mass is 32.1. The van der Waals surface area contributed by atoms with Gasteiger partial charge in [0, 0.05) is 47.9 Å². The van der Waals surface area contributed by atoms with Gasteiger partial charge < -0.3 is 9.32 Å². The summed E-state index contributed by atoms with van der Waals surface area (Å²) in [5.41, 5.74) is 12.3. The number of rotatable bonds is 6. The highest BCUT2D eigenvalue weighted by Gasteiger charge is 2.22. The van der Waals surface area contributed by atoms with Gasteiger partial charge in [-0.05, 0) is 104 Å². The topological polar surface area (TPSA) is 16.4 Å². The SMILES string of the molecule is c1ccc(-c2ccccc2-c2ccccc2-c2ccccc2N(c2ccc3c(ccc4cc5oc6ccccc6c5cc43)c2)c2ccc3c(c2)sc2ccccc23)cc1. The largest absolute Gasteiger partial charge is 0.456 e. The molecule has 0 radical (unpaired) electrons. The summed E-state index contributed by atoms with van der Waals surface area (Å²) in [6, 6.07) is 77.2. The first-order valence-corrected chi connectivity index (χ1v) is 20.9. The van der Waals surface area contributed by atoms with E-state index in [4.69, 9.17) is 4.42 Å². The lowest BCUT2D eigenvalue weighted by molar-refractivity contribution is 0.669. The molecule has 0 spiro atoms. The summed E-state index contributed by atoms with van der Waals surface area (Å²) < 4.78 is 8.85. The lowest BCUT2D eigenvalue weighted by Gasteiger charge is -2.29. The molecule has 0 aliphatic rings. The van der Waals surface area contributed by atoms with Crippen LogP contribution in [0.5, 0.6) is 0 Å². The maximum Gasteiger partial charge on any atom is 0.136 e. The van der Waals surface area contributed by atoms with E-state index < -0.39 is 0 Å². The molecule has 0 unspecified atom stereocenters. The van der Waals surface area contributed by atoms with E-state index in [0.717, 1.165) is 44.6 Å². The van der Waals surface area contributed by atoms with Crippen LogP contribution in [0.1, 0.15) is 0 Å². The summed E-state index contributed by atoms with van der Waals surface area (Å²) in [6.07, 6.45) is 0. The van der Waals surface area contributed by atoms with E-state index in [1.54, 1.807) is 0 Å². The molecule has 0 N–H and O–H groups in total. The highest BCUT2D eigenvalue weighted by Crippen LogP contribution is 2.47. The fourth-order valence-electron chi connectivity index (χ4n) is 9.13. The summed E-state index contributed by atoms with van der Waals surface area (Å²) in [6.45, 7) is 0. The second-order valence-corrected chi connectivity index (χ2v) is 16.3. The number of benzene rings is 10. The number of furan rings is 1. The first-order valence-electron chi connectivity index (χ1n) is 20.1. The zero-order valence-corrected chi connectivity index (χ0v) is 32.8. The van der Waals surface area contributed by atoms with Gasteiger partial charge in [0.05, 0.1) is 5.69 Å². The van der Waals surface area contributed by atoms with Crippen LogP contribution in [0.4, 0.5) is 17.1 Å². The molecular formula is C56H35NOS. The summed E-state index contributed by atoms with van der Waals surface area (Å²) in [4.78, 5) is 2.45. The Hall–Kier alpha value is -7.46. The quantitative estimate of drug-likeness (QED) is 0.157. The number of nitrogens with zero attached hydrogens (tertiary/aromatic N) is 1. The Balaban J connectivity index is 1.08. The van der Waals surface area contributed by atoms with Gasteiger partial charge in [0.2, 0.25) is 0 Å². The third-order valence-corrected chi connectivity index (χ3v) is 13.0. The molecule has 0 atom stereocenters. The molecule has 10 aromatic carbocycles. The number of anilines is 3. The first kappa shape index (κ1) is 33.7. The minimum atomic E-state index is 0.916. The maximum atomic E-state index is 6.28. The molecule has 2 aromatic heterocycles. The molecule has 2 nitrogen and oxygen atoms in total. The Morgan fingerprint density at radius 2 is 0.898 bits per heavy atom. The van der Waals surface area contributed by atoms with Crippen LogP contribution < -0.4 is 4.90 Å². The van der Waals surface area contributed by atoms with Crippen LogP contribution in [-0.4, -0.2) is 0 Å². The molecule has 0 amide bonds. The molecule has 0 saturated heterocycles.